The fourth-order valence-corrected chi connectivity index (χ4v) is 8.09. The summed E-state index contributed by atoms with van der Waals surface area (Å²) in [5.41, 5.74) is 9.11. The van der Waals surface area contributed by atoms with E-state index in [0.717, 1.165) is 96.5 Å². The van der Waals surface area contributed by atoms with Crippen molar-refractivity contribution < 1.29 is 30.5 Å². The van der Waals surface area contributed by atoms with Gasteiger partial charge in [-0.1, -0.05) is 87.1 Å². The molecule has 8 heteroatoms. The lowest BCUT2D eigenvalue weighted by atomic mass is 9.73. The summed E-state index contributed by atoms with van der Waals surface area (Å²) >= 11 is 3.55. The van der Waals surface area contributed by atoms with Gasteiger partial charge in [0.05, 0.1) is 4.47 Å². The Morgan fingerprint density at radius 2 is 1.10 bits per heavy atom. The average molecular weight is 782 g/mol. The van der Waals surface area contributed by atoms with Crippen molar-refractivity contribution in [2.45, 2.75) is 144 Å². The van der Waals surface area contributed by atoms with Gasteiger partial charge in [0.25, 0.3) is 0 Å². The van der Waals surface area contributed by atoms with E-state index in [2.05, 4.69) is 68.9 Å². The maximum Gasteiger partial charge on any atom is 0.448 e. The van der Waals surface area contributed by atoms with E-state index >= 15 is 0 Å². The lowest BCUT2D eigenvalue weighted by molar-refractivity contribution is 0.403. The third-order valence-electron chi connectivity index (χ3n) is 10.5. The van der Waals surface area contributed by atoms with Gasteiger partial charge in [-0.15, -0.1) is 0 Å². The molecule has 0 heterocycles. The van der Waals surface area contributed by atoms with Crippen LogP contribution in [0.2, 0.25) is 6.82 Å². The van der Waals surface area contributed by atoms with Crippen molar-refractivity contribution in [3.8, 4) is 23.0 Å². The highest BCUT2D eigenvalue weighted by Crippen LogP contribution is 2.50. The van der Waals surface area contributed by atoms with E-state index in [1.165, 1.54) is 30.8 Å². The number of allylic oxidation sites excluding steroid dienone is 6. The molecule has 2 aliphatic carbocycles. The number of hydrogen-bond donors (Lipinski definition) is 6. The number of unbranched alkanes of at least 4 members (excludes halogenated alkanes) is 4. The van der Waals surface area contributed by atoms with E-state index in [-0.39, 0.29) is 46.7 Å². The zero-order chi connectivity index (χ0) is 39.3. The van der Waals surface area contributed by atoms with Gasteiger partial charge >= 0.3 is 7.12 Å². The van der Waals surface area contributed by atoms with Crippen LogP contribution in [-0.4, -0.2) is 37.6 Å². The first kappa shape index (κ1) is 45.2. The molecule has 0 saturated carbocycles. The summed E-state index contributed by atoms with van der Waals surface area (Å²) < 4.78 is 0.725. The summed E-state index contributed by atoms with van der Waals surface area (Å²) in [5, 5.41) is 58.2. The number of hydrogen-bond acceptors (Lipinski definition) is 6. The fraction of sp³-hybridized carbons (Fsp3) is 0.545. The van der Waals surface area contributed by atoms with Crippen molar-refractivity contribution in [1.29, 1.82) is 0 Å². The first-order valence-electron chi connectivity index (χ1n) is 19.2. The first-order chi connectivity index (χ1) is 24.5. The van der Waals surface area contributed by atoms with Crippen molar-refractivity contribution in [1.82, 2.24) is 0 Å². The minimum absolute atomic E-state index is 0.0136. The van der Waals surface area contributed by atoms with E-state index in [9.17, 15) is 20.4 Å². The third kappa shape index (κ3) is 12.6. The molecule has 2 aromatic rings. The van der Waals surface area contributed by atoms with Gasteiger partial charge in [0.2, 0.25) is 0 Å². The molecule has 4 unspecified atom stereocenters. The molecule has 0 bridgehead atoms. The smallest absolute Gasteiger partial charge is 0.448 e. The quantitative estimate of drug-likeness (QED) is 0.0724. The molecule has 2 aliphatic rings. The Bertz CT molecular complexity index is 1460. The molecule has 6 nitrogen and oxygen atoms in total. The molecule has 0 aromatic heterocycles. The van der Waals surface area contributed by atoms with Crippen LogP contribution in [0.4, 0.5) is 0 Å². The van der Waals surface area contributed by atoms with Crippen LogP contribution in [0.5, 0.6) is 23.0 Å². The molecule has 0 amide bonds. The normalized spacial score (nSPS) is 19.7. The summed E-state index contributed by atoms with van der Waals surface area (Å²) in [5.74, 6) is 1.40. The number of aryl methyl sites for hydroxylation is 2. The largest absolute Gasteiger partial charge is 0.507 e. The second-order valence-electron chi connectivity index (χ2n) is 15.2. The molecule has 2 aromatic carbocycles. The van der Waals surface area contributed by atoms with Crippen LogP contribution in [0.25, 0.3) is 0 Å². The standard InChI is InChI=1S/C22H32O2.C21H29BrO2.CH5BO2/c1-6-7-8-9-17-13-20(23)21(22(24)16(17)5)19-12-15(4)10-11-18(19)14(2)3;1-5-6-7-8-15-12-18(23)19(21(24)20(15)22)17-11-14(4)9-10-16(17)13(2)3;1-2(3)4/h12-13,18-19,23-24H,2,6-11H2,1,3-5H3;11-12,16-17,23-24H,2,5-10H2,1,3-4H3;3-4H,1H3. The van der Waals surface area contributed by atoms with Crippen LogP contribution in [0.3, 0.4) is 0 Å². The molecular formula is C44H66BBrO6. The minimum atomic E-state index is -1.17. The molecule has 288 valence electrons. The van der Waals surface area contributed by atoms with Gasteiger partial charge in [0.1, 0.15) is 23.0 Å². The van der Waals surface area contributed by atoms with Crippen molar-refractivity contribution in [2.24, 2.45) is 11.8 Å². The summed E-state index contributed by atoms with van der Waals surface area (Å²) in [7, 11) is -1.17. The molecule has 6 N–H and O–H groups in total. The Morgan fingerprint density at radius 3 is 1.50 bits per heavy atom. The summed E-state index contributed by atoms with van der Waals surface area (Å²) in [6, 6.07) is 3.69. The maximum absolute atomic E-state index is 10.8. The number of phenols is 4. The average Bonchev–Trinajstić information content (AvgIpc) is 3.06. The highest BCUT2D eigenvalue weighted by molar-refractivity contribution is 9.10. The van der Waals surface area contributed by atoms with Gasteiger partial charge in [-0.25, -0.2) is 0 Å². The highest BCUT2D eigenvalue weighted by Gasteiger charge is 2.32. The molecule has 0 radical (unpaired) electrons. The first-order valence-corrected chi connectivity index (χ1v) is 20.0. The Hall–Kier alpha value is -2.94. The number of phenolic OH excluding ortho intramolecular Hbond substituents is 4. The lowest BCUT2D eigenvalue weighted by Crippen LogP contribution is -2.17. The molecule has 0 fully saturated rings. The number of halogens is 1. The topological polar surface area (TPSA) is 121 Å². The predicted molar refractivity (Wildman–Crippen MR) is 223 cm³/mol. The van der Waals surface area contributed by atoms with Crippen LogP contribution < -0.4 is 0 Å². The molecule has 0 aliphatic heterocycles. The van der Waals surface area contributed by atoms with Crippen LogP contribution in [-0.2, 0) is 12.8 Å². The fourth-order valence-electron chi connectivity index (χ4n) is 7.57. The Kier molecular flexibility index (Phi) is 18.9. The molecule has 52 heavy (non-hydrogen) atoms. The van der Waals surface area contributed by atoms with Crippen LogP contribution >= 0.6 is 15.9 Å². The summed E-state index contributed by atoms with van der Waals surface area (Å²) in [6.07, 6.45) is 17.1. The van der Waals surface area contributed by atoms with Crippen LogP contribution in [0.1, 0.15) is 145 Å². The van der Waals surface area contributed by atoms with Gasteiger partial charge in [-0.2, -0.15) is 0 Å². The monoisotopic (exact) mass is 780 g/mol. The van der Waals surface area contributed by atoms with Gasteiger partial charge in [0, 0.05) is 23.0 Å². The number of rotatable bonds is 12. The number of aromatic hydroxyl groups is 4. The van der Waals surface area contributed by atoms with Crippen LogP contribution in [0, 0.1) is 18.8 Å². The van der Waals surface area contributed by atoms with Crippen molar-refractivity contribution in [3.05, 3.63) is 92.0 Å². The molecular weight excluding hydrogens is 715 g/mol. The van der Waals surface area contributed by atoms with E-state index in [1.807, 2.05) is 32.9 Å². The Labute approximate surface area is 323 Å². The van der Waals surface area contributed by atoms with Crippen LogP contribution in [0.15, 0.2) is 64.2 Å². The molecule has 4 atom stereocenters. The molecule has 0 spiro atoms. The van der Waals surface area contributed by atoms with E-state index in [1.54, 1.807) is 0 Å². The van der Waals surface area contributed by atoms with Gasteiger partial charge in [-0.3, -0.25) is 0 Å². The van der Waals surface area contributed by atoms with Gasteiger partial charge < -0.3 is 30.5 Å². The second-order valence-corrected chi connectivity index (χ2v) is 16.0. The minimum Gasteiger partial charge on any atom is -0.507 e. The zero-order valence-corrected chi connectivity index (χ0v) is 34.7. The van der Waals surface area contributed by atoms with Gasteiger partial charge in [0.15, 0.2) is 0 Å². The van der Waals surface area contributed by atoms with Crippen molar-refractivity contribution in [3.63, 3.8) is 0 Å². The second kappa shape index (κ2) is 21.7. The zero-order valence-electron chi connectivity index (χ0n) is 33.2. The summed E-state index contributed by atoms with van der Waals surface area (Å²) in [4.78, 5) is 0. The predicted octanol–water partition coefficient (Wildman–Crippen LogP) is 11.9. The SMILES string of the molecule is C=C(C)C1CCC(C)=CC1c1c(O)cc(CCCCC)c(Br)c1O.C=C(C)C1CCC(C)=CC1c1c(O)cc(CCCCC)c(C)c1O.CB(O)O. The lowest BCUT2D eigenvalue weighted by Gasteiger charge is -2.32. The Balaban J connectivity index is 0.000000327. The summed E-state index contributed by atoms with van der Waals surface area (Å²) in [6.45, 7) is 24.2. The van der Waals surface area contributed by atoms with E-state index < -0.39 is 7.12 Å². The number of benzene rings is 2. The molecule has 0 saturated heterocycles. The maximum atomic E-state index is 10.8. The highest BCUT2D eigenvalue weighted by atomic mass is 79.9. The molecule has 4 rings (SSSR count). The van der Waals surface area contributed by atoms with Gasteiger partial charge in [-0.05, 0) is 149 Å². The Morgan fingerprint density at radius 1 is 0.712 bits per heavy atom. The van der Waals surface area contributed by atoms with E-state index in [4.69, 9.17) is 10.0 Å². The van der Waals surface area contributed by atoms with Crippen molar-refractivity contribution in [2.75, 3.05) is 0 Å². The van der Waals surface area contributed by atoms with Crippen molar-refractivity contribution >= 4 is 23.0 Å². The van der Waals surface area contributed by atoms with E-state index in [0.29, 0.717) is 11.1 Å². The third-order valence-corrected chi connectivity index (χ3v) is 11.4.